The van der Waals surface area contributed by atoms with E-state index in [1.54, 1.807) is 0 Å². The van der Waals surface area contributed by atoms with Crippen LogP contribution in [0, 0.1) is 11.3 Å². The summed E-state index contributed by atoms with van der Waals surface area (Å²) in [6.07, 6.45) is 4.53. The Hall–Kier alpha value is -2.90. The molecule has 4 heteroatoms. The normalized spacial score (nSPS) is 19.5. The van der Waals surface area contributed by atoms with Gasteiger partial charge < -0.3 is 5.32 Å². The Labute approximate surface area is 160 Å². The second kappa shape index (κ2) is 8.20. The van der Waals surface area contributed by atoms with Crippen molar-refractivity contribution in [3.63, 3.8) is 0 Å². The molecule has 1 aliphatic rings. The van der Waals surface area contributed by atoms with Gasteiger partial charge in [0.15, 0.2) is 0 Å². The molecule has 0 spiro atoms. The molecule has 136 valence electrons. The summed E-state index contributed by atoms with van der Waals surface area (Å²) >= 11 is 0. The van der Waals surface area contributed by atoms with E-state index in [1.165, 1.54) is 11.3 Å². The third kappa shape index (κ3) is 4.27. The largest absolute Gasteiger partial charge is 0.314 e. The fourth-order valence-corrected chi connectivity index (χ4v) is 3.94. The van der Waals surface area contributed by atoms with Gasteiger partial charge in [0, 0.05) is 23.2 Å². The van der Waals surface area contributed by atoms with E-state index in [1.807, 2.05) is 24.3 Å². The molecule has 2 N–H and O–H groups in total. The summed E-state index contributed by atoms with van der Waals surface area (Å²) in [5.41, 5.74) is 5.19. The lowest BCUT2D eigenvalue weighted by molar-refractivity contribution is 0.343. The number of rotatable bonds is 5. The van der Waals surface area contributed by atoms with Crippen LogP contribution in [0.2, 0.25) is 0 Å². The number of nitrogens with one attached hydrogen (secondary N) is 2. The topological polar surface area (TPSA) is 64.5 Å². The van der Waals surface area contributed by atoms with Gasteiger partial charge in [-0.15, -0.1) is 0 Å². The SMILES string of the molecule is N#Cc1cccc(-c2cc(C3CCNC(CCc4ccccc4)C3)[nH]n2)c1. The molecule has 27 heavy (non-hydrogen) atoms. The van der Waals surface area contributed by atoms with E-state index in [9.17, 15) is 0 Å². The molecule has 2 heterocycles. The monoisotopic (exact) mass is 356 g/mol. The van der Waals surface area contributed by atoms with Gasteiger partial charge in [-0.3, -0.25) is 5.10 Å². The number of piperidine rings is 1. The van der Waals surface area contributed by atoms with Gasteiger partial charge in [-0.25, -0.2) is 0 Å². The van der Waals surface area contributed by atoms with Crippen LogP contribution in [-0.2, 0) is 6.42 Å². The lowest BCUT2D eigenvalue weighted by atomic mass is 9.87. The predicted molar refractivity (Wildman–Crippen MR) is 107 cm³/mol. The van der Waals surface area contributed by atoms with Crippen LogP contribution in [0.15, 0.2) is 60.7 Å². The molecular formula is C23H24N4. The first-order valence-electron chi connectivity index (χ1n) is 9.65. The zero-order valence-electron chi connectivity index (χ0n) is 15.4. The number of aromatic amines is 1. The number of nitrogens with zero attached hydrogens (tertiary/aromatic N) is 2. The van der Waals surface area contributed by atoms with Crippen molar-refractivity contribution in [1.82, 2.24) is 15.5 Å². The second-order valence-corrected chi connectivity index (χ2v) is 7.30. The molecule has 1 aromatic heterocycles. The lowest BCUT2D eigenvalue weighted by Gasteiger charge is -2.29. The molecule has 0 radical (unpaired) electrons. The van der Waals surface area contributed by atoms with Gasteiger partial charge in [-0.2, -0.15) is 10.4 Å². The van der Waals surface area contributed by atoms with E-state index in [0.717, 1.165) is 43.5 Å². The van der Waals surface area contributed by atoms with E-state index in [0.29, 0.717) is 17.5 Å². The van der Waals surface area contributed by atoms with Crippen molar-refractivity contribution in [3.8, 4) is 17.3 Å². The van der Waals surface area contributed by atoms with Crippen molar-refractivity contribution in [2.45, 2.75) is 37.6 Å². The van der Waals surface area contributed by atoms with Gasteiger partial charge in [0.25, 0.3) is 0 Å². The molecule has 2 aromatic carbocycles. The van der Waals surface area contributed by atoms with Crippen LogP contribution in [0.1, 0.15) is 42.0 Å². The average molecular weight is 356 g/mol. The first-order valence-corrected chi connectivity index (χ1v) is 9.65. The number of aromatic nitrogens is 2. The number of aryl methyl sites for hydroxylation is 1. The van der Waals surface area contributed by atoms with Gasteiger partial charge in [0.1, 0.15) is 0 Å². The van der Waals surface area contributed by atoms with Gasteiger partial charge in [-0.05, 0) is 56.0 Å². The molecule has 1 fully saturated rings. The Morgan fingerprint density at radius 3 is 2.81 bits per heavy atom. The Balaban J connectivity index is 1.41. The summed E-state index contributed by atoms with van der Waals surface area (Å²) in [5, 5.41) is 20.5. The Morgan fingerprint density at radius 1 is 1.07 bits per heavy atom. The molecule has 0 amide bonds. The average Bonchev–Trinajstić information content (AvgIpc) is 3.24. The van der Waals surface area contributed by atoms with Gasteiger partial charge in [0.2, 0.25) is 0 Å². The molecule has 2 atom stereocenters. The molecule has 3 aromatic rings. The predicted octanol–water partition coefficient (Wildman–Crippen LogP) is 4.42. The Morgan fingerprint density at radius 2 is 1.96 bits per heavy atom. The van der Waals surface area contributed by atoms with Gasteiger partial charge in [-0.1, -0.05) is 42.5 Å². The van der Waals surface area contributed by atoms with Crippen LogP contribution in [0.5, 0.6) is 0 Å². The second-order valence-electron chi connectivity index (χ2n) is 7.30. The Bertz CT molecular complexity index is 923. The molecule has 0 aliphatic carbocycles. The number of hydrogen-bond acceptors (Lipinski definition) is 3. The van der Waals surface area contributed by atoms with Crippen molar-refractivity contribution in [2.24, 2.45) is 0 Å². The van der Waals surface area contributed by atoms with E-state index in [2.05, 4.69) is 58.0 Å². The zero-order chi connectivity index (χ0) is 18.5. The van der Waals surface area contributed by atoms with Crippen molar-refractivity contribution in [2.75, 3.05) is 6.54 Å². The van der Waals surface area contributed by atoms with Crippen LogP contribution in [0.4, 0.5) is 0 Å². The lowest BCUT2D eigenvalue weighted by Crippen LogP contribution is -2.37. The summed E-state index contributed by atoms with van der Waals surface area (Å²) in [4.78, 5) is 0. The number of hydrogen-bond donors (Lipinski definition) is 2. The first kappa shape index (κ1) is 17.5. The van der Waals surface area contributed by atoms with Crippen molar-refractivity contribution < 1.29 is 0 Å². The minimum atomic E-state index is 0.507. The minimum Gasteiger partial charge on any atom is -0.314 e. The first-order chi connectivity index (χ1) is 13.3. The number of H-pyrrole nitrogens is 1. The molecule has 2 unspecified atom stereocenters. The number of benzene rings is 2. The van der Waals surface area contributed by atoms with Gasteiger partial charge in [0.05, 0.1) is 17.3 Å². The summed E-state index contributed by atoms with van der Waals surface area (Å²) in [6.45, 7) is 1.04. The van der Waals surface area contributed by atoms with E-state index < -0.39 is 0 Å². The summed E-state index contributed by atoms with van der Waals surface area (Å²) in [6, 6.07) is 23.2. The standard InChI is InChI=1S/C23H24N4/c24-16-18-7-4-8-19(13-18)22-15-23(27-26-22)20-11-12-25-21(14-20)10-9-17-5-2-1-3-6-17/h1-8,13,15,20-21,25H,9-12,14H2,(H,26,27). The van der Waals surface area contributed by atoms with Crippen LogP contribution in [0.25, 0.3) is 11.3 Å². The highest BCUT2D eigenvalue weighted by Gasteiger charge is 2.24. The molecule has 1 aliphatic heterocycles. The quantitative estimate of drug-likeness (QED) is 0.711. The van der Waals surface area contributed by atoms with Crippen LogP contribution < -0.4 is 5.32 Å². The number of nitriles is 1. The highest BCUT2D eigenvalue weighted by atomic mass is 15.1. The fraction of sp³-hybridized carbons (Fsp3) is 0.304. The van der Waals surface area contributed by atoms with Crippen LogP contribution in [0.3, 0.4) is 0 Å². The maximum absolute atomic E-state index is 9.09. The summed E-state index contributed by atoms with van der Waals surface area (Å²) in [7, 11) is 0. The minimum absolute atomic E-state index is 0.507. The zero-order valence-corrected chi connectivity index (χ0v) is 15.4. The van der Waals surface area contributed by atoms with E-state index in [-0.39, 0.29) is 0 Å². The van der Waals surface area contributed by atoms with Crippen LogP contribution in [-0.4, -0.2) is 22.8 Å². The molecule has 4 nitrogen and oxygen atoms in total. The Kier molecular flexibility index (Phi) is 5.32. The van der Waals surface area contributed by atoms with E-state index in [4.69, 9.17) is 5.26 Å². The third-order valence-corrected chi connectivity index (χ3v) is 5.44. The fourth-order valence-electron chi connectivity index (χ4n) is 3.94. The molecule has 0 bridgehead atoms. The van der Waals surface area contributed by atoms with Crippen molar-refractivity contribution >= 4 is 0 Å². The molecule has 0 saturated carbocycles. The van der Waals surface area contributed by atoms with Crippen molar-refractivity contribution in [1.29, 1.82) is 5.26 Å². The maximum Gasteiger partial charge on any atom is 0.0991 e. The molecule has 4 rings (SSSR count). The molecule has 1 saturated heterocycles. The van der Waals surface area contributed by atoms with E-state index >= 15 is 0 Å². The summed E-state index contributed by atoms with van der Waals surface area (Å²) < 4.78 is 0. The highest BCUT2D eigenvalue weighted by molar-refractivity contribution is 5.61. The molecular weight excluding hydrogens is 332 g/mol. The highest BCUT2D eigenvalue weighted by Crippen LogP contribution is 2.30. The van der Waals surface area contributed by atoms with Gasteiger partial charge >= 0.3 is 0 Å². The van der Waals surface area contributed by atoms with Crippen LogP contribution >= 0.6 is 0 Å². The summed E-state index contributed by atoms with van der Waals surface area (Å²) in [5.74, 6) is 0.507. The maximum atomic E-state index is 9.09. The smallest absolute Gasteiger partial charge is 0.0991 e. The van der Waals surface area contributed by atoms with Crippen molar-refractivity contribution in [3.05, 3.63) is 77.5 Å². The third-order valence-electron chi connectivity index (χ3n) is 5.44.